The Morgan fingerprint density at radius 3 is 2.32 bits per heavy atom. The summed E-state index contributed by atoms with van der Waals surface area (Å²) >= 11 is 0. The summed E-state index contributed by atoms with van der Waals surface area (Å²) in [7, 11) is 1.71. The van der Waals surface area contributed by atoms with Gasteiger partial charge in [-0.15, -0.1) is 0 Å². The topological polar surface area (TPSA) is 53.2 Å². The van der Waals surface area contributed by atoms with Crippen molar-refractivity contribution in [3.05, 3.63) is 0 Å². The lowest BCUT2D eigenvalue weighted by Crippen LogP contribution is -2.54. The molecule has 0 spiro atoms. The lowest BCUT2D eigenvalue weighted by atomic mass is 9.55. The van der Waals surface area contributed by atoms with Gasteiger partial charge in [0.25, 0.3) is 0 Å². The van der Waals surface area contributed by atoms with E-state index < -0.39 is 11.0 Å². The van der Waals surface area contributed by atoms with Crippen LogP contribution >= 0.6 is 0 Å². The summed E-state index contributed by atoms with van der Waals surface area (Å²) in [5.41, 5.74) is -1.09. The number of hydrogen-bond donors (Lipinski definition) is 1. The number of nitriles is 1. The Balaban J connectivity index is 2.19. The van der Waals surface area contributed by atoms with E-state index in [1.54, 1.807) is 7.11 Å². The molecule has 2 aliphatic carbocycles. The van der Waals surface area contributed by atoms with Crippen molar-refractivity contribution in [1.82, 2.24) is 0 Å². The quantitative estimate of drug-likeness (QED) is 0.832. The summed E-state index contributed by atoms with van der Waals surface area (Å²) in [5.74, 6) is 0. The SMILES string of the molecule is COC1CCCC(O)(C2(C#N)CCC(C)(C)CC2)C1. The van der Waals surface area contributed by atoms with E-state index in [-0.39, 0.29) is 6.10 Å². The fraction of sp³-hybridized carbons (Fsp3) is 0.938. The van der Waals surface area contributed by atoms with Crippen LogP contribution < -0.4 is 0 Å². The Labute approximate surface area is 117 Å². The Bertz CT molecular complexity index is 361. The maximum absolute atomic E-state index is 11.1. The van der Waals surface area contributed by atoms with Crippen molar-refractivity contribution in [2.24, 2.45) is 10.8 Å². The molecule has 0 heterocycles. The van der Waals surface area contributed by atoms with Crippen LogP contribution in [0, 0.1) is 22.2 Å². The molecular formula is C16H27NO2. The van der Waals surface area contributed by atoms with E-state index >= 15 is 0 Å². The minimum absolute atomic E-state index is 0.110. The molecule has 2 fully saturated rings. The van der Waals surface area contributed by atoms with Crippen molar-refractivity contribution in [3.8, 4) is 6.07 Å². The molecule has 2 unspecified atom stereocenters. The molecule has 0 amide bonds. The molecule has 2 rings (SSSR count). The van der Waals surface area contributed by atoms with Gasteiger partial charge in [0, 0.05) is 13.5 Å². The van der Waals surface area contributed by atoms with Crippen LogP contribution in [0.5, 0.6) is 0 Å². The summed E-state index contributed by atoms with van der Waals surface area (Å²) in [5, 5.41) is 20.9. The molecule has 1 N–H and O–H groups in total. The van der Waals surface area contributed by atoms with Gasteiger partial charge in [0.15, 0.2) is 0 Å². The first-order chi connectivity index (χ1) is 8.86. The molecule has 0 saturated heterocycles. The fourth-order valence-electron chi connectivity index (χ4n) is 3.87. The van der Waals surface area contributed by atoms with Gasteiger partial charge in [-0.2, -0.15) is 5.26 Å². The van der Waals surface area contributed by atoms with E-state index in [0.29, 0.717) is 11.8 Å². The first-order valence-electron chi connectivity index (χ1n) is 7.53. The first kappa shape index (κ1) is 14.8. The maximum atomic E-state index is 11.1. The van der Waals surface area contributed by atoms with Crippen LogP contribution in [0.2, 0.25) is 0 Å². The van der Waals surface area contributed by atoms with Gasteiger partial charge >= 0.3 is 0 Å². The molecule has 0 radical (unpaired) electrons. The molecule has 2 aliphatic rings. The van der Waals surface area contributed by atoms with Gasteiger partial charge in [0.05, 0.1) is 23.2 Å². The van der Waals surface area contributed by atoms with Crippen molar-refractivity contribution in [2.45, 2.75) is 76.9 Å². The predicted octanol–water partition coefficient (Wildman–Crippen LogP) is 3.42. The third-order valence-electron chi connectivity index (χ3n) is 5.58. The second kappa shape index (κ2) is 5.07. The van der Waals surface area contributed by atoms with Crippen molar-refractivity contribution in [3.63, 3.8) is 0 Å². The molecule has 0 aromatic heterocycles. The molecule has 0 aromatic carbocycles. The van der Waals surface area contributed by atoms with Gasteiger partial charge in [0.1, 0.15) is 0 Å². The second-order valence-electron chi connectivity index (χ2n) is 7.34. The smallest absolute Gasteiger partial charge is 0.0861 e. The molecular weight excluding hydrogens is 238 g/mol. The Kier molecular flexibility index (Phi) is 3.95. The van der Waals surface area contributed by atoms with Gasteiger partial charge in [-0.25, -0.2) is 0 Å². The molecule has 3 nitrogen and oxygen atoms in total. The lowest BCUT2D eigenvalue weighted by Gasteiger charge is -2.51. The van der Waals surface area contributed by atoms with E-state index in [2.05, 4.69) is 19.9 Å². The number of rotatable bonds is 2. The third-order valence-corrected chi connectivity index (χ3v) is 5.58. The minimum atomic E-state index is -0.850. The van der Waals surface area contributed by atoms with Gasteiger partial charge in [-0.1, -0.05) is 13.8 Å². The van der Waals surface area contributed by atoms with Crippen LogP contribution in [0.15, 0.2) is 0 Å². The molecule has 3 heteroatoms. The molecule has 2 atom stereocenters. The highest BCUT2D eigenvalue weighted by Crippen LogP contribution is 2.54. The van der Waals surface area contributed by atoms with Crippen LogP contribution in [0.3, 0.4) is 0 Å². The minimum Gasteiger partial charge on any atom is -0.388 e. The van der Waals surface area contributed by atoms with Crippen LogP contribution in [0.25, 0.3) is 0 Å². The number of ether oxygens (including phenoxy) is 1. The Hall–Kier alpha value is -0.590. The Morgan fingerprint density at radius 2 is 1.79 bits per heavy atom. The van der Waals surface area contributed by atoms with Crippen LogP contribution in [-0.2, 0) is 4.74 Å². The highest BCUT2D eigenvalue weighted by Gasteiger charge is 2.54. The van der Waals surface area contributed by atoms with Gasteiger partial charge in [0.2, 0.25) is 0 Å². The molecule has 2 saturated carbocycles. The van der Waals surface area contributed by atoms with E-state index in [9.17, 15) is 10.4 Å². The van der Waals surface area contributed by atoms with Crippen LogP contribution in [-0.4, -0.2) is 23.9 Å². The zero-order chi connectivity index (χ0) is 14.1. The lowest BCUT2D eigenvalue weighted by molar-refractivity contribution is -0.137. The molecule has 0 bridgehead atoms. The van der Waals surface area contributed by atoms with E-state index in [1.165, 1.54) is 0 Å². The van der Waals surface area contributed by atoms with Gasteiger partial charge in [-0.05, 0) is 50.4 Å². The summed E-state index contributed by atoms with van der Waals surface area (Å²) < 4.78 is 5.44. The summed E-state index contributed by atoms with van der Waals surface area (Å²) in [6, 6.07) is 2.50. The molecule has 0 aliphatic heterocycles. The van der Waals surface area contributed by atoms with E-state index in [4.69, 9.17) is 4.74 Å². The standard InChI is InChI=1S/C16H27NO2/c1-14(2)7-9-15(12-17,10-8-14)16(18)6-4-5-13(11-16)19-3/h13,18H,4-11H2,1-3H3. The van der Waals surface area contributed by atoms with Crippen LogP contribution in [0.1, 0.15) is 65.2 Å². The highest BCUT2D eigenvalue weighted by atomic mass is 16.5. The second-order valence-corrected chi connectivity index (χ2v) is 7.34. The highest BCUT2D eigenvalue weighted by molar-refractivity contribution is 5.15. The fourth-order valence-corrected chi connectivity index (χ4v) is 3.87. The van der Waals surface area contributed by atoms with Gasteiger partial charge < -0.3 is 9.84 Å². The summed E-state index contributed by atoms with van der Waals surface area (Å²) in [6.07, 6.45) is 7.15. The van der Waals surface area contributed by atoms with E-state index in [0.717, 1.165) is 44.9 Å². The van der Waals surface area contributed by atoms with Crippen molar-refractivity contribution >= 4 is 0 Å². The normalized spacial score (nSPS) is 37.5. The predicted molar refractivity (Wildman–Crippen MR) is 74.5 cm³/mol. The van der Waals surface area contributed by atoms with Crippen molar-refractivity contribution in [1.29, 1.82) is 5.26 Å². The monoisotopic (exact) mass is 265 g/mol. The average Bonchev–Trinajstić information content (AvgIpc) is 2.39. The van der Waals surface area contributed by atoms with Crippen molar-refractivity contribution < 1.29 is 9.84 Å². The summed E-state index contributed by atoms with van der Waals surface area (Å²) in [6.45, 7) is 4.52. The number of methoxy groups -OCH3 is 1. The maximum Gasteiger partial charge on any atom is 0.0861 e. The van der Waals surface area contributed by atoms with E-state index in [1.807, 2.05) is 0 Å². The molecule has 108 valence electrons. The largest absolute Gasteiger partial charge is 0.388 e. The van der Waals surface area contributed by atoms with Gasteiger partial charge in [-0.3, -0.25) is 0 Å². The zero-order valence-electron chi connectivity index (χ0n) is 12.5. The number of aliphatic hydroxyl groups is 1. The molecule has 19 heavy (non-hydrogen) atoms. The Morgan fingerprint density at radius 1 is 1.16 bits per heavy atom. The average molecular weight is 265 g/mol. The number of hydrogen-bond acceptors (Lipinski definition) is 3. The third kappa shape index (κ3) is 2.66. The molecule has 0 aromatic rings. The first-order valence-corrected chi connectivity index (χ1v) is 7.53. The van der Waals surface area contributed by atoms with Crippen molar-refractivity contribution in [2.75, 3.05) is 7.11 Å². The number of nitrogens with zero attached hydrogens (tertiary/aromatic N) is 1. The van der Waals surface area contributed by atoms with Crippen LogP contribution in [0.4, 0.5) is 0 Å². The zero-order valence-corrected chi connectivity index (χ0v) is 12.5. The summed E-state index contributed by atoms with van der Waals surface area (Å²) in [4.78, 5) is 0.